The first-order valence-electron chi connectivity index (χ1n) is 18.6. The van der Waals surface area contributed by atoms with Gasteiger partial charge < -0.3 is 14.4 Å². The first-order chi connectivity index (χ1) is 22.3. The predicted molar refractivity (Wildman–Crippen MR) is 189 cm³/mol. The number of esters is 2. The molecule has 0 radical (unpaired) electrons. The first kappa shape index (κ1) is 44.5. The van der Waals surface area contributed by atoms with Crippen molar-refractivity contribution in [3.05, 3.63) is 24.3 Å². The average molecular weight is 673 g/mol. The van der Waals surface area contributed by atoms with Crippen LogP contribution in [-0.4, -0.2) is 42.8 Å². The smallest absolute Gasteiger partial charge is 0.462 e. The van der Waals surface area contributed by atoms with Gasteiger partial charge in [-0.1, -0.05) is 115 Å². The highest BCUT2D eigenvalue weighted by Crippen LogP contribution is 2.43. The van der Waals surface area contributed by atoms with Gasteiger partial charge in [-0.3, -0.25) is 18.6 Å². The number of hydrogen-bond donors (Lipinski definition) is 1. The van der Waals surface area contributed by atoms with Crippen molar-refractivity contribution < 1.29 is 37.6 Å². The van der Waals surface area contributed by atoms with Crippen molar-refractivity contribution in [3.8, 4) is 0 Å². The van der Waals surface area contributed by atoms with Crippen molar-refractivity contribution in [1.82, 2.24) is 0 Å². The van der Waals surface area contributed by atoms with Crippen LogP contribution < -0.4 is 0 Å². The van der Waals surface area contributed by atoms with Crippen molar-refractivity contribution in [2.75, 3.05) is 19.8 Å². The van der Waals surface area contributed by atoms with Crippen LogP contribution in [0.1, 0.15) is 175 Å². The minimum Gasteiger partial charge on any atom is -0.462 e. The van der Waals surface area contributed by atoms with Crippen molar-refractivity contribution in [3.63, 3.8) is 0 Å². The molecule has 8 nitrogen and oxygen atoms in total. The van der Waals surface area contributed by atoms with E-state index in [9.17, 15) is 19.0 Å². The normalized spacial score (nSPS) is 13.7. The molecule has 270 valence electrons. The van der Waals surface area contributed by atoms with Crippen LogP contribution in [-0.2, 0) is 32.7 Å². The lowest BCUT2D eigenvalue weighted by molar-refractivity contribution is -0.161. The zero-order valence-corrected chi connectivity index (χ0v) is 30.6. The summed E-state index contributed by atoms with van der Waals surface area (Å²) >= 11 is 0. The molecule has 0 fully saturated rings. The quantitative estimate of drug-likeness (QED) is 0.0311. The van der Waals surface area contributed by atoms with E-state index in [-0.39, 0.29) is 32.0 Å². The molecule has 0 spiro atoms. The van der Waals surface area contributed by atoms with Gasteiger partial charge in [0.2, 0.25) is 0 Å². The zero-order chi connectivity index (χ0) is 34.0. The van der Waals surface area contributed by atoms with Gasteiger partial charge in [0, 0.05) is 12.8 Å². The summed E-state index contributed by atoms with van der Waals surface area (Å²) < 4.78 is 32.5. The largest absolute Gasteiger partial charge is 0.472 e. The van der Waals surface area contributed by atoms with E-state index >= 15 is 0 Å². The van der Waals surface area contributed by atoms with Crippen molar-refractivity contribution >= 4 is 19.8 Å². The Hall–Kier alpha value is -1.47. The summed E-state index contributed by atoms with van der Waals surface area (Å²) in [5.41, 5.74) is 0. The molecule has 0 heterocycles. The molecule has 0 aliphatic rings. The highest BCUT2D eigenvalue weighted by molar-refractivity contribution is 7.47. The Kier molecular flexibility index (Phi) is 32.4. The summed E-state index contributed by atoms with van der Waals surface area (Å²) in [5, 5.41) is 0. The number of carbonyl (C=O) groups is 2. The lowest BCUT2D eigenvalue weighted by Crippen LogP contribution is -2.29. The van der Waals surface area contributed by atoms with Gasteiger partial charge >= 0.3 is 19.8 Å². The van der Waals surface area contributed by atoms with E-state index in [1.807, 2.05) is 0 Å². The van der Waals surface area contributed by atoms with E-state index in [1.54, 1.807) is 6.92 Å². The molecule has 0 saturated heterocycles. The van der Waals surface area contributed by atoms with Gasteiger partial charge in [-0.15, -0.1) is 0 Å². The van der Waals surface area contributed by atoms with E-state index < -0.39 is 26.5 Å². The molecule has 2 atom stereocenters. The molecule has 9 heteroatoms. The Bertz CT molecular complexity index is 813. The van der Waals surface area contributed by atoms with Crippen molar-refractivity contribution in [2.24, 2.45) is 0 Å². The van der Waals surface area contributed by atoms with E-state index in [4.69, 9.17) is 18.5 Å². The summed E-state index contributed by atoms with van der Waals surface area (Å²) in [6, 6.07) is 0. The molecule has 2 unspecified atom stereocenters. The molecule has 0 rings (SSSR count). The van der Waals surface area contributed by atoms with E-state index in [0.717, 1.165) is 70.6 Å². The fourth-order valence-corrected chi connectivity index (χ4v) is 5.73. The standard InChI is InChI=1S/C37H69O8P/c1-4-7-9-11-13-15-17-19-20-22-24-26-28-30-32-37(39)45-35(34-44-46(40,41)43-6-3)33-42-36(38)31-29-27-25-23-21-18-16-14-12-10-8-5-2/h14,16-17,19,35H,4-13,15,18,20-34H2,1-3H3,(H,40,41)/b16-14-,19-17-. The van der Waals surface area contributed by atoms with Crippen LogP contribution in [0.5, 0.6) is 0 Å². The zero-order valence-electron chi connectivity index (χ0n) is 29.7. The van der Waals surface area contributed by atoms with Crippen molar-refractivity contribution in [1.29, 1.82) is 0 Å². The van der Waals surface area contributed by atoms with Crippen LogP contribution in [0, 0.1) is 0 Å². The molecule has 0 aromatic heterocycles. The van der Waals surface area contributed by atoms with Crippen LogP contribution in [0.25, 0.3) is 0 Å². The Labute approximate surface area is 282 Å². The highest BCUT2D eigenvalue weighted by Gasteiger charge is 2.25. The number of phosphoric ester groups is 1. The monoisotopic (exact) mass is 672 g/mol. The second kappa shape index (κ2) is 33.4. The molecule has 0 aliphatic carbocycles. The molecule has 0 amide bonds. The molecular weight excluding hydrogens is 603 g/mol. The predicted octanol–water partition coefficient (Wildman–Crippen LogP) is 11.1. The molecular formula is C37H69O8P. The molecule has 0 aromatic rings. The molecule has 0 bridgehead atoms. The van der Waals surface area contributed by atoms with Crippen molar-refractivity contribution in [2.45, 2.75) is 181 Å². The van der Waals surface area contributed by atoms with Gasteiger partial charge in [-0.2, -0.15) is 0 Å². The number of rotatable bonds is 34. The van der Waals surface area contributed by atoms with Gasteiger partial charge in [0.25, 0.3) is 0 Å². The van der Waals surface area contributed by atoms with Gasteiger partial charge in [0.15, 0.2) is 6.10 Å². The minimum atomic E-state index is -4.27. The molecule has 0 aromatic carbocycles. The summed E-state index contributed by atoms with van der Waals surface area (Å²) in [6.45, 7) is 5.40. The van der Waals surface area contributed by atoms with Crippen LogP contribution in [0.3, 0.4) is 0 Å². The topological polar surface area (TPSA) is 108 Å². The van der Waals surface area contributed by atoms with E-state index in [0.29, 0.717) is 6.42 Å². The lowest BCUT2D eigenvalue weighted by Gasteiger charge is -2.19. The van der Waals surface area contributed by atoms with Crippen LogP contribution in [0.4, 0.5) is 0 Å². The Morgan fingerprint density at radius 2 is 0.978 bits per heavy atom. The number of ether oxygens (including phenoxy) is 2. The summed E-state index contributed by atoms with van der Waals surface area (Å²) in [7, 11) is -4.27. The third-order valence-electron chi connectivity index (χ3n) is 7.73. The maximum absolute atomic E-state index is 12.5. The Morgan fingerprint density at radius 1 is 0.565 bits per heavy atom. The van der Waals surface area contributed by atoms with Crippen LogP contribution in [0.15, 0.2) is 24.3 Å². The lowest BCUT2D eigenvalue weighted by atomic mass is 10.1. The fourth-order valence-electron chi connectivity index (χ4n) is 4.97. The molecule has 46 heavy (non-hydrogen) atoms. The third kappa shape index (κ3) is 32.5. The first-order valence-corrected chi connectivity index (χ1v) is 20.1. The van der Waals surface area contributed by atoms with Gasteiger partial charge in [0.05, 0.1) is 13.2 Å². The van der Waals surface area contributed by atoms with Gasteiger partial charge in [-0.05, 0) is 71.1 Å². The van der Waals surface area contributed by atoms with Crippen LogP contribution in [0.2, 0.25) is 0 Å². The summed E-state index contributed by atoms with van der Waals surface area (Å²) in [4.78, 5) is 34.5. The van der Waals surface area contributed by atoms with E-state index in [1.165, 1.54) is 64.2 Å². The second-order valence-electron chi connectivity index (χ2n) is 12.2. The van der Waals surface area contributed by atoms with Gasteiger partial charge in [0.1, 0.15) is 6.61 Å². The summed E-state index contributed by atoms with van der Waals surface area (Å²) in [6.07, 6.45) is 33.7. The number of phosphoric acid groups is 1. The molecule has 0 saturated carbocycles. The summed E-state index contributed by atoms with van der Waals surface area (Å²) in [5.74, 6) is -0.818. The Balaban J connectivity index is 4.19. The molecule has 0 aliphatic heterocycles. The number of allylic oxidation sites excluding steroid dienone is 4. The van der Waals surface area contributed by atoms with E-state index in [2.05, 4.69) is 38.2 Å². The van der Waals surface area contributed by atoms with Gasteiger partial charge in [-0.25, -0.2) is 4.57 Å². The minimum absolute atomic E-state index is 0.00161. The number of carbonyl (C=O) groups excluding carboxylic acids is 2. The highest BCUT2D eigenvalue weighted by atomic mass is 31.2. The fraction of sp³-hybridized carbons (Fsp3) is 0.838. The second-order valence-corrected chi connectivity index (χ2v) is 13.7. The number of hydrogen-bond acceptors (Lipinski definition) is 7. The molecule has 1 N–H and O–H groups in total. The average Bonchev–Trinajstić information content (AvgIpc) is 3.03. The Morgan fingerprint density at radius 3 is 1.48 bits per heavy atom. The number of unbranched alkanes of at least 4 members (excludes halogenated alkanes) is 18. The maximum Gasteiger partial charge on any atom is 0.472 e. The third-order valence-corrected chi connectivity index (χ3v) is 8.79. The SMILES string of the molecule is CCCCC/C=C\CCCCCCCC(=O)OCC(COP(=O)(O)OCC)OC(=O)CCCCCCC/C=C\CCCCCCC. The maximum atomic E-state index is 12.5. The van der Waals surface area contributed by atoms with Crippen LogP contribution >= 0.6 is 7.82 Å².